The lowest BCUT2D eigenvalue weighted by Crippen LogP contribution is -2.32. The summed E-state index contributed by atoms with van der Waals surface area (Å²) in [5.74, 6) is -1.13. The lowest BCUT2D eigenvalue weighted by atomic mass is 10.0. The van der Waals surface area contributed by atoms with Crippen molar-refractivity contribution in [2.45, 2.75) is 65.0 Å². The van der Waals surface area contributed by atoms with Crippen LogP contribution < -0.4 is 5.32 Å². The van der Waals surface area contributed by atoms with E-state index in [1.807, 2.05) is 31.2 Å². The smallest absolute Gasteiger partial charge is 0.335 e. The van der Waals surface area contributed by atoms with Crippen LogP contribution in [0.25, 0.3) is 0 Å². The van der Waals surface area contributed by atoms with Crippen LogP contribution in [0.5, 0.6) is 0 Å². The Hall–Kier alpha value is -2.66. The van der Waals surface area contributed by atoms with Gasteiger partial charge in [-0.3, -0.25) is 4.79 Å². The Labute approximate surface area is 179 Å². The van der Waals surface area contributed by atoms with E-state index in [2.05, 4.69) is 12.2 Å². The molecule has 0 bridgehead atoms. The van der Waals surface area contributed by atoms with Crippen molar-refractivity contribution in [3.8, 4) is 0 Å². The fraction of sp³-hybridized carbons (Fsp3) is 0.440. The maximum Gasteiger partial charge on any atom is 0.335 e. The van der Waals surface area contributed by atoms with Gasteiger partial charge in [-0.25, -0.2) is 4.79 Å². The second kappa shape index (κ2) is 12.8. The van der Waals surface area contributed by atoms with Crippen molar-refractivity contribution < 1.29 is 19.4 Å². The minimum Gasteiger partial charge on any atom is -0.478 e. The van der Waals surface area contributed by atoms with Gasteiger partial charge in [0.15, 0.2) is 6.23 Å². The van der Waals surface area contributed by atoms with Crippen LogP contribution in [0.1, 0.15) is 78.7 Å². The van der Waals surface area contributed by atoms with Gasteiger partial charge in [-0.05, 0) is 49.6 Å². The van der Waals surface area contributed by atoms with E-state index >= 15 is 0 Å². The largest absolute Gasteiger partial charge is 0.478 e. The van der Waals surface area contributed by atoms with E-state index in [1.54, 1.807) is 12.1 Å². The maximum atomic E-state index is 12.9. The van der Waals surface area contributed by atoms with Crippen molar-refractivity contribution in [2.24, 2.45) is 0 Å². The first-order valence-corrected chi connectivity index (χ1v) is 10.9. The number of carboxylic acid groups (broad SMARTS) is 1. The van der Waals surface area contributed by atoms with Crippen LogP contribution in [0.3, 0.4) is 0 Å². The Morgan fingerprint density at radius 3 is 2.07 bits per heavy atom. The number of nitrogens with one attached hydrogen (secondary N) is 1. The van der Waals surface area contributed by atoms with Crippen molar-refractivity contribution in [3.05, 3.63) is 65.2 Å². The number of benzene rings is 2. The molecule has 2 aromatic rings. The number of hydrogen-bond acceptors (Lipinski definition) is 4. The topological polar surface area (TPSA) is 75.6 Å². The zero-order chi connectivity index (χ0) is 21.8. The van der Waals surface area contributed by atoms with Crippen LogP contribution >= 0.6 is 0 Å². The van der Waals surface area contributed by atoms with Crippen LogP contribution in [0, 0.1) is 0 Å². The van der Waals surface area contributed by atoms with Crippen LogP contribution in [-0.2, 0) is 11.2 Å². The summed E-state index contributed by atoms with van der Waals surface area (Å²) in [4.78, 5) is 23.9. The minimum atomic E-state index is -0.986. The molecule has 0 aliphatic rings. The SMILES string of the molecule is CCCCCCCCc1ccc(C(=O)C(Nc2ccc(C(=O)O)cc2)OCC)cc1. The van der Waals surface area contributed by atoms with Gasteiger partial charge in [0, 0.05) is 17.9 Å². The molecule has 5 heteroatoms. The zero-order valence-corrected chi connectivity index (χ0v) is 18.0. The van der Waals surface area contributed by atoms with Crippen molar-refractivity contribution in [1.29, 1.82) is 0 Å². The van der Waals surface area contributed by atoms with Crippen molar-refractivity contribution in [2.75, 3.05) is 11.9 Å². The Kier molecular flexibility index (Phi) is 10.1. The summed E-state index contributed by atoms with van der Waals surface area (Å²) in [6.45, 7) is 4.44. The number of hydrogen-bond donors (Lipinski definition) is 2. The molecule has 0 aliphatic carbocycles. The second-order valence-corrected chi connectivity index (χ2v) is 7.44. The molecule has 2 N–H and O–H groups in total. The molecule has 162 valence electrons. The van der Waals surface area contributed by atoms with E-state index in [-0.39, 0.29) is 11.3 Å². The molecule has 1 atom stereocenters. The van der Waals surface area contributed by atoms with Crippen LogP contribution in [-0.4, -0.2) is 29.7 Å². The quantitative estimate of drug-likeness (QED) is 0.228. The fourth-order valence-electron chi connectivity index (χ4n) is 3.31. The van der Waals surface area contributed by atoms with Gasteiger partial charge in [-0.15, -0.1) is 0 Å². The molecule has 0 aromatic heterocycles. The molecule has 0 fully saturated rings. The van der Waals surface area contributed by atoms with E-state index in [0.29, 0.717) is 17.9 Å². The van der Waals surface area contributed by atoms with Gasteiger partial charge in [0.1, 0.15) is 0 Å². The summed E-state index contributed by atoms with van der Waals surface area (Å²) in [5.41, 5.74) is 2.66. The summed E-state index contributed by atoms with van der Waals surface area (Å²) in [6.07, 6.45) is 7.81. The Bertz CT molecular complexity index is 784. The number of carbonyl (C=O) groups is 2. The number of carboxylic acids is 1. The lowest BCUT2D eigenvalue weighted by molar-refractivity contribution is 0.0549. The summed E-state index contributed by atoms with van der Waals surface area (Å²) in [6, 6.07) is 14.0. The Balaban J connectivity index is 1.93. The number of carbonyl (C=O) groups excluding carboxylic acids is 1. The predicted molar refractivity (Wildman–Crippen MR) is 120 cm³/mol. The van der Waals surface area contributed by atoms with Gasteiger partial charge in [0.05, 0.1) is 5.56 Å². The monoisotopic (exact) mass is 411 g/mol. The van der Waals surface area contributed by atoms with E-state index in [0.717, 1.165) is 6.42 Å². The standard InChI is InChI=1S/C25H33NO4/c1-3-5-6-7-8-9-10-19-11-13-20(14-12-19)23(27)24(30-4-2)26-22-17-15-21(16-18-22)25(28)29/h11-18,24,26H,3-10H2,1-2H3,(H,28,29). The number of Topliss-reactive ketones (excluding diaryl/α,β-unsaturated/α-hetero) is 1. The normalized spacial score (nSPS) is 11.8. The fourth-order valence-corrected chi connectivity index (χ4v) is 3.31. The van der Waals surface area contributed by atoms with Crippen molar-refractivity contribution in [3.63, 3.8) is 0 Å². The number of unbranched alkanes of at least 4 members (excludes halogenated alkanes) is 5. The molecular formula is C25H33NO4. The molecule has 2 aromatic carbocycles. The van der Waals surface area contributed by atoms with Gasteiger partial charge >= 0.3 is 5.97 Å². The first kappa shape index (κ1) is 23.6. The summed E-state index contributed by atoms with van der Waals surface area (Å²) >= 11 is 0. The van der Waals surface area contributed by atoms with Crippen LogP contribution in [0.4, 0.5) is 5.69 Å². The first-order chi connectivity index (χ1) is 14.5. The third kappa shape index (κ3) is 7.64. The molecule has 0 heterocycles. The maximum absolute atomic E-state index is 12.9. The van der Waals surface area contributed by atoms with Gasteiger partial charge in [-0.1, -0.05) is 63.3 Å². The van der Waals surface area contributed by atoms with Crippen LogP contribution in [0.2, 0.25) is 0 Å². The van der Waals surface area contributed by atoms with E-state index in [4.69, 9.17) is 9.84 Å². The molecule has 0 saturated carbocycles. The molecule has 0 saturated heterocycles. The van der Waals surface area contributed by atoms with Crippen molar-refractivity contribution in [1.82, 2.24) is 0 Å². The van der Waals surface area contributed by atoms with Crippen LogP contribution in [0.15, 0.2) is 48.5 Å². The third-order valence-electron chi connectivity index (χ3n) is 5.06. The molecule has 0 amide bonds. The molecule has 2 rings (SSSR count). The molecular weight excluding hydrogens is 378 g/mol. The highest BCUT2D eigenvalue weighted by molar-refractivity contribution is 6.00. The summed E-state index contributed by atoms with van der Waals surface area (Å²) < 4.78 is 5.60. The first-order valence-electron chi connectivity index (χ1n) is 10.9. The molecule has 0 radical (unpaired) electrons. The molecule has 5 nitrogen and oxygen atoms in total. The Morgan fingerprint density at radius 1 is 0.867 bits per heavy atom. The number of ether oxygens (including phenoxy) is 1. The van der Waals surface area contributed by atoms with Gasteiger partial charge in [-0.2, -0.15) is 0 Å². The van der Waals surface area contributed by atoms with Gasteiger partial charge in [0.25, 0.3) is 0 Å². The molecule has 30 heavy (non-hydrogen) atoms. The highest BCUT2D eigenvalue weighted by atomic mass is 16.5. The zero-order valence-electron chi connectivity index (χ0n) is 18.0. The van der Waals surface area contributed by atoms with Crippen molar-refractivity contribution >= 4 is 17.4 Å². The molecule has 0 aliphatic heterocycles. The third-order valence-corrected chi connectivity index (χ3v) is 5.06. The van der Waals surface area contributed by atoms with E-state index < -0.39 is 12.2 Å². The number of aromatic carboxylic acids is 1. The highest BCUT2D eigenvalue weighted by Gasteiger charge is 2.20. The highest BCUT2D eigenvalue weighted by Crippen LogP contribution is 2.16. The average Bonchev–Trinajstić information content (AvgIpc) is 2.76. The summed E-state index contributed by atoms with van der Waals surface area (Å²) in [7, 11) is 0. The average molecular weight is 412 g/mol. The number of ketones is 1. The number of anilines is 1. The predicted octanol–water partition coefficient (Wildman–Crippen LogP) is 5.95. The van der Waals surface area contributed by atoms with Gasteiger partial charge in [0.2, 0.25) is 5.78 Å². The molecule has 1 unspecified atom stereocenters. The minimum absolute atomic E-state index is 0.148. The Morgan fingerprint density at radius 2 is 1.47 bits per heavy atom. The number of aryl methyl sites for hydroxylation is 1. The lowest BCUT2D eigenvalue weighted by Gasteiger charge is -2.19. The summed E-state index contributed by atoms with van der Waals surface area (Å²) in [5, 5.41) is 12.1. The van der Waals surface area contributed by atoms with E-state index in [9.17, 15) is 9.59 Å². The van der Waals surface area contributed by atoms with Gasteiger partial charge < -0.3 is 15.2 Å². The second-order valence-electron chi connectivity index (χ2n) is 7.44. The molecule has 0 spiro atoms. The van der Waals surface area contributed by atoms with E-state index in [1.165, 1.54) is 56.2 Å². The number of rotatable bonds is 14.